The number of nitrogens with one attached hydrogen (secondary N) is 2. The average molecular weight is 403 g/mol. The first-order valence-corrected chi connectivity index (χ1v) is 9.87. The number of anilines is 1. The lowest BCUT2D eigenvalue weighted by atomic mass is 10.3. The molecule has 1 aliphatic carbocycles. The molecule has 10 heteroatoms. The maximum atomic E-state index is 13.8. The van der Waals surface area contributed by atoms with Crippen molar-refractivity contribution in [1.29, 1.82) is 0 Å². The van der Waals surface area contributed by atoms with Gasteiger partial charge in [0, 0.05) is 10.9 Å². The van der Waals surface area contributed by atoms with Crippen LogP contribution in [0.3, 0.4) is 0 Å². The molecule has 1 aromatic heterocycles. The van der Waals surface area contributed by atoms with Crippen LogP contribution in [0.1, 0.15) is 22.5 Å². The zero-order valence-corrected chi connectivity index (χ0v) is 15.0. The van der Waals surface area contributed by atoms with Gasteiger partial charge in [0.25, 0.3) is 15.9 Å². The summed E-state index contributed by atoms with van der Waals surface area (Å²) in [5, 5.41) is 3.15. The maximum Gasteiger partial charge on any atom is 0.275 e. The normalized spacial score (nSPS) is 14.2. The van der Waals surface area contributed by atoms with E-state index in [1.54, 1.807) is 4.72 Å². The molecule has 1 fully saturated rings. The summed E-state index contributed by atoms with van der Waals surface area (Å²) in [6.45, 7) is 0. The molecule has 0 atom stereocenters. The Balaban J connectivity index is 1.72. The lowest BCUT2D eigenvalue weighted by Crippen LogP contribution is -2.30. The van der Waals surface area contributed by atoms with Gasteiger partial charge in [-0.2, -0.15) is 0 Å². The molecule has 25 heavy (non-hydrogen) atoms. The van der Waals surface area contributed by atoms with Gasteiger partial charge in [0.05, 0.1) is 9.88 Å². The van der Waals surface area contributed by atoms with Crippen molar-refractivity contribution in [3.8, 4) is 0 Å². The molecule has 6 nitrogen and oxygen atoms in total. The van der Waals surface area contributed by atoms with Crippen molar-refractivity contribution in [3.63, 3.8) is 0 Å². The topological polar surface area (TPSA) is 92.3 Å². The highest BCUT2D eigenvalue weighted by Gasteiger charge is 2.30. The fourth-order valence-corrected chi connectivity index (χ4v) is 4.07. The summed E-state index contributed by atoms with van der Waals surface area (Å²) in [4.78, 5) is 23.2. The van der Waals surface area contributed by atoms with Gasteiger partial charge in [-0.25, -0.2) is 17.5 Å². The second-order valence-corrected chi connectivity index (χ2v) is 8.61. The molecule has 1 aromatic carbocycles. The van der Waals surface area contributed by atoms with E-state index in [0.29, 0.717) is 5.00 Å². The summed E-state index contributed by atoms with van der Waals surface area (Å²) in [5.74, 6) is -2.08. The number of thiophene rings is 1. The smallest absolute Gasteiger partial charge is 0.275 e. The molecule has 1 saturated carbocycles. The van der Waals surface area contributed by atoms with Crippen molar-refractivity contribution < 1.29 is 22.4 Å². The highest BCUT2D eigenvalue weighted by Crippen LogP contribution is 2.31. The van der Waals surface area contributed by atoms with Crippen molar-refractivity contribution in [2.24, 2.45) is 5.92 Å². The first-order valence-electron chi connectivity index (χ1n) is 7.19. The van der Waals surface area contributed by atoms with Crippen LogP contribution in [0.15, 0.2) is 35.2 Å². The fourth-order valence-electron chi connectivity index (χ4n) is 2.02. The van der Waals surface area contributed by atoms with E-state index in [1.165, 1.54) is 18.2 Å². The standard InChI is InChI=1S/C15H12ClFN2O4S2/c16-9-3-5-12(10(17)7-9)25(22,23)19-15(21)11-4-6-13(24-11)18-14(20)8-1-2-8/h3-8H,1-2H2,(H,18,20)(H,19,21). The van der Waals surface area contributed by atoms with Crippen LogP contribution in [0.25, 0.3) is 0 Å². The number of carbonyl (C=O) groups excluding carboxylic acids is 2. The molecule has 2 amide bonds. The lowest BCUT2D eigenvalue weighted by Gasteiger charge is -2.07. The summed E-state index contributed by atoms with van der Waals surface area (Å²) >= 11 is 6.52. The number of hydrogen-bond acceptors (Lipinski definition) is 5. The van der Waals surface area contributed by atoms with Crippen LogP contribution in [0.5, 0.6) is 0 Å². The number of rotatable bonds is 5. The minimum atomic E-state index is -4.39. The maximum absolute atomic E-state index is 13.8. The average Bonchev–Trinajstić information content (AvgIpc) is 3.26. The highest BCUT2D eigenvalue weighted by molar-refractivity contribution is 7.90. The number of sulfonamides is 1. The predicted octanol–water partition coefficient (Wildman–Crippen LogP) is 3.01. The molecular weight excluding hydrogens is 391 g/mol. The summed E-state index contributed by atoms with van der Waals surface area (Å²) in [7, 11) is -4.39. The predicted molar refractivity (Wildman–Crippen MR) is 91.7 cm³/mol. The third kappa shape index (κ3) is 4.17. The van der Waals surface area contributed by atoms with E-state index in [9.17, 15) is 22.4 Å². The van der Waals surface area contributed by atoms with Gasteiger partial charge in [-0.3, -0.25) is 9.59 Å². The fraction of sp³-hybridized carbons (Fsp3) is 0.200. The van der Waals surface area contributed by atoms with Gasteiger partial charge < -0.3 is 5.32 Å². The molecule has 0 unspecified atom stereocenters. The van der Waals surface area contributed by atoms with Crippen LogP contribution in [0.4, 0.5) is 9.39 Å². The van der Waals surface area contributed by atoms with E-state index >= 15 is 0 Å². The molecule has 2 aromatic rings. The Labute approximate surface area is 152 Å². The van der Waals surface area contributed by atoms with Crippen molar-refractivity contribution in [2.75, 3.05) is 5.32 Å². The Morgan fingerprint density at radius 3 is 2.56 bits per heavy atom. The first kappa shape index (κ1) is 17.8. The molecule has 132 valence electrons. The quantitative estimate of drug-likeness (QED) is 0.804. The molecule has 0 bridgehead atoms. The van der Waals surface area contributed by atoms with Gasteiger partial charge in [-0.15, -0.1) is 11.3 Å². The van der Waals surface area contributed by atoms with Crippen LogP contribution >= 0.6 is 22.9 Å². The van der Waals surface area contributed by atoms with Crippen LogP contribution in [-0.4, -0.2) is 20.2 Å². The van der Waals surface area contributed by atoms with Crippen LogP contribution in [0, 0.1) is 11.7 Å². The SMILES string of the molecule is O=C(NS(=O)(=O)c1ccc(Cl)cc1F)c1ccc(NC(=O)C2CC2)s1. The molecule has 0 radical (unpaired) electrons. The minimum Gasteiger partial charge on any atom is -0.317 e. The van der Waals surface area contributed by atoms with Gasteiger partial charge in [0.1, 0.15) is 10.7 Å². The lowest BCUT2D eigenvalue weighted by molar-refractivity contribution is -0.117. The van der Waals surface area contributed by atoms with Gasteiger partial charge in [0.2, 0.25) is 5.91 Å². The highest BCUT2D eigenvalue weighted by atomic mass is 35.5. The van der Waals surface area contributed by atoms with E-state index in [1.807, 2.05) is 0 Å². The molecule has 1 heterocycles. The number of benzene rings is 1. The molecule has 0 saturated heterocycles. The van der Waals surface area contributed by atoms with E-state index in [2.05, 4.69) is 5.32 Å². The Bertz CT molecular complexity index is 954. The molecule has 0 aliphatic heterocycles. The van der Waals surface area contributed by atoms with Crippen molar-refractivity contribution in [2.45, 2.75) is 17.7 Å². The van der Waals surface area contributed by atoms with Crippen molar-refractivity contribution >= 4 is 49.8 Å². The van der Waals surface area contributed by atoms with E-state index < -0.39 is 26.6 Å². The zero-order chi connectivity index (χ0) is 18.2. The summed E-state index contributed by atoms with van der Waals surface area (Å²) in [5.41, 5.74) is 0. The second-order valence-electron chi connectivity index (χ2n) is 5.44. The Hall–Kier alpha value is -1.97. The largest absolute Gasteiger partial charge is 0.317 e. The van der Waals surface area contributed by atoms with Gasteiger partial charge in [-0.05, 0) is 43.2 Å². The van der Waals surface area contributed by atoms with E-state index in [-0.39, 0.29) is 21.7 Å². The Morgan fingerprint density at radius 2 is 1.92 bits per heavy atom. The van der Waals surface area contributed by atoms with E-state index in [0.717, 1.165) is 36.3 Å². The number of halogens is 2. The Morgan fingerprint density at radius 1 is 1.20 bits per heavy atom. The number of carbonyl (C=O) groups is 2. The molecule has 2 N–H and O–H groups in total. The Kier molecular flexibility index (Phi) is 4.81. The monoisotopic (exact) mass is 402 g/mol. The third-order valence-electron chi connectivity index (χ3n) is 3.43. The summed E-state index contributed by atoms with van der Waals surface area (Å²) < 4.78 is 39.9. The number of hydrogen-bond donors (Lipinski definition) is 2. The van der Waals surface area contributed by atoms with Crippen LogP contribution < -0.4 is 10.0 Å². The molecular formula is C15H12ClFN2O4S2. The summed E-state index contributed by atoms with van der Waals surface area (Å²) in [6, 6.07) is 5.92. The van der Waals surface area contributed by atoms with Gasteiger partial charge >= 0.3 is 0 Å². The minimum absolute atomic E-state index is 0.00707. The van der Waals surface area contributed by atoms with E-state index in [4.69, 9.17) is 11.6 Å². The van der Waals surface area contributed by atoms with Crippen molar-refractivity contribution in [3.05, 3.63) is 46.0 Å². The molecule has 3 rings (SSSR count). The summed E-state index contributed by atoms with van der Waals surface area (Å²) in [6.07, 6.45) is 1.69. The van der Waals surface area contributed by atoms with Crippen molar-refractivity contribution in [1.82, 2.24) is 4.72 Å². The number of amides is 2. The van der Waals surface area contributed by atoms with Crippen LogP contribution in [0.2, 0.25) is 5.02 Å². The molecule has 0 spiro atoms. The van der Waals surface area contributed by atoms with Gasteiger partial charge in [0.15, 0.2) is 0 Å². The van der Waals surface area contributed by atoms with Gasteiger partial charge in [-0.1, -0.05) is 11.6 Å². The second kappa shape index (κ2) is 6.74. The molecule has 1 aliphatic rings. The third-order valence-corrected chi connectivity index (χ3v) is 6.03. The van der Waals surface area contributed by atoms with Crippen LogP contribution in [-0.2, 0) is 14.8 Å². The first-order chi connectivity index (χ1) is 11.8. The zero-order valence-electron chi connectivity index (χ0n) is 12.6.